The first-order valence-electron chi connectivity index (χ1n) is 10.2. The van der Waals surface area contributed by atoms with Gasteiger partial charge in [0.2, 0.25) is 0 Å². The molecule has 0 bridgehead atoms. The van der Waals surface area contributed by atoms with Gasteiger partial charge in [0.05, 0.1) is 16.5 Å². The summed E-state index contributed by atoms with van der Waals surface area (Å²) in [6.07, 6.45) is 5.46. The van der Waals surface area contributed by atoms with E-state index < -0.39 is 0 Å². The molecule has 0 saturated carbocycles. The average molecular weight is 417 g/mol. The number of aromatic nitrogens is 4. The Hall–Kier alpha value is -3.13. The van der Waals surface area contributed by atoms with Crippen molar-refractivity contribution < 1.29 is 9.59 Å². The standard InChI is InChI=1S/C22H19N5O2S/c1-12-6-7-15-16(10-12)30-20-18(15)19-24-17(25-27(19)11-23-20)8-9-26-21(28)13-4-2-3-5-14(13)22(26)29/h2-5,11-12H,6-10H2,1H3. The second-order valence-electron chi connectivity index (χ2n) is 8.13. The number of amides is 2. The summed E-state index contributed by atoms with van der Waals surface area (Å²) in [7, 11) is 0. The molecule has 1 atom stereocenters. The second-order valence-corrected chi connectivity index (χ2v) is 9.21. The Kier molecular flexibility index (Phi) is 3.80. The van der Waals surface area contributed by atoms with Crippen LogP contribution in [0.4, 0.5) is 0 Å². The lowest BCUT2D eigenvalue weighted by atomic mass is 9.89. The Balaban J connectivity index is 1.32. The van der Waals surface area contributed by atoms with Crippen molar-refractivity contribution in [2.75, 3.05) is 6.54 Å². The van der Waals surface area contributed by atoms with Crippen LogP contribution in [-0.2, 0) is 19.3 Å². The average Bonchev–Trinajstić information content (AvgIpc) is 3.39. The number of thiophene rings is 1. The number of hydrogen-bond acceptors (Lipinski definition) is 6. The molecular weight excluding hydrogens is 398 g/mol. The third kappa shape index (κ3) is 2.53. The van der Waals surface area contributed by atoms with Crippen LogP contribution in [-0.4, -0.2) is 42.8 Å². The summed E-state index contributed by atoms with van der Waals surface area (Å²) in [6.45, 7) is 2.56. The van der Waals surface area contributed by atoms with Crippen molar-refractivity contribution >= 4 is 39.0 Å². The van der Waals surface area contributed by atoms with E-state index in [1.165, 1.54) is 21.8 Å². The Morgan fingerprint density at radius 2 is 1.93 bits per heavy atom. The molecule has 0 spiro atoms. The van der Waals surface area contributed by atoms with Crippen molar-refractivity contribution in [3.63, 3.8) is 0 Å². The SMILES string of the molecule is CC1CCc2c(sc3ncn4nc(CCN5C(=O)c6ccccc6C5=O)nc4c23)C1. The Morgan fingerprint density at radius 3 is 2.70 bits per heavy atom. The molecule has 0 fully saturated rings. The van der Waals surface area contributed by atoms with Gasteiger partial charge in [0.15, 0.2) is 11.5 Å². The largest absolute Gasteiger partial charge is 0.274 e. The number of rotatable bonds is 3. The summed E-state index contributed by atoms with van der Waals surface area (Å²) in [4.78, 5) is 38.2. The number of aryl methyl sites for hydroxylation is 1. The highest BCUT2D eigenvalue weighted by Gasteiger charge is 2.35. The molecule has 6 rings (SSSR count). The predicted octanol–water partition coefficient (Wildman–Crippen LogP) is 3.30. The second kappa shape index (κ2) is 6.43. The molecule has 3 aromatic heterocycles. The van der Waals surface area contributed by atoms with Crippen molar-refractivity contribution in [3.8, 4) is 0 Å². The zero-order chi connectivity index (χ0) is 20.4. The van der Waals surface area contributed by atoms with E-state index in [0.717, 1.165) is 28.7 Å². The molecule has 150 valence electrons. The van der Waals surface area contributed by atoms with Crippen molar-refractivity contribution in [1.29, 1.82) is 0 Å². The molecule has 0 saturated heterocycles. The summed E-state index contributed by atoms with van der Waals surface area (Å²) in [5.74, 6) is 0.827. The third-order valence-corrected chi connectivity index (χ3v) is 7.28. The molecule has 2 aliphatic rings. The molecule has 8 heteroatoms. The van der Waals surface area contributed by atoms with Crippen LogP contribution in [0.15, 0.2) is 30.6 Å². The molecule has 1 aliphatic heterocycles. The molecule has 1 unspecified atom stereocenters. The topological polar surface area (TPSA) is 80.5 Å². The first kappa shape index (κ1) is 17.7. The van der Waals surface area contributed by atoms with Crippen molar-refractivity contribution in [1.82, 2.24) is 24.5 Å². The van der Waals surface area contributed by atoms with Gasteiger partial charge < -0.3 is 0 Å². The van der Waals surface area contributed by atoms with Crippen LogP contribution >= 0.6 is 11.3 Å². The zero-order valence-electron chi connectivity index (χ0n) is 16.5. The lowest BCUT2D eigenvalue weighted by Gasteiger charge is -2.17. The van der Waals surface area contributed by atoms with Gasteiger partial charge in [0.25, 0.3) is 11.8 Å². The summed E-state index contributed by atoms with van der Waals surface area (Å²) in [5.41, 5.74) is 3.13. The lowest BCUT2D eigenvalue weighted by Crippen LogP contribution is -2.31. The molecule has 1 aromatic carbocycles. The number of carbonyl (C=O) groups excluding carboxylic acids is 2. The van der Waals surface area contributed by atoms with E-state index in [0.29, 0.717) is 29.3 Å². The summed E-state index contributed by atoms with van der Waals surface area (Å²) in [5, 5.41) is 5.68. The van der Waals surface area contributed by atoms with E-state index >= 15 is 0 Å². The highest BCUT2D eigenvalue weighted by atomic mass is 32.1. The molecule has 0 N–H and O–H groups in total. The summed E-state index contributed by atoms with van der Waals surface area (Å²) < 4.78 is 1.73. The van der Waals surface area contributed by atoms with Gasteiger partial charge in [-0.25, -0.2) is 14.5 Å². The molecular formula is C22H19N5O2S. The van der Waals surface area contributed by atoms with Gasteiger partial charge in [-0.3, -0.25) is 14.5 Å². The Morgan fingerprint density at radius 1 is 1.17 bits per heavy atom. The van der Waals surface area contributed by atoms with Gasteiger partial charge >= 0.3 is 0 Å². The normalized spacial score (nSPS) is 18.4. The minimum absolute atomic E-state index is 0.246. The maximum Gasteiger partial charge on any atom is 0.261 e. The number of carbonyl (C=O) groups is 2. The fourth-order valence-corrected chi connectivity index (χ4v) is 5.89. The first-order valence-corrected chi connectivity index (χ1v) is 11.0. The van der Waals surface area contributed by atoms with Gasteiger partial charge in [-0.05, 0) is 42.9 Å². The van der Waals surface area contributed by atoms with Crippen LogP contribution in [0.3, 0.4) is 0 Å². The Labute approximate surface area is 176 Å². The van der Waals surface area contributed by atoms with Gasteiger partial charge in [-0.2, -0.15) is 0 Å². The molecule has 7 nitrogen and oxygen atoms in total. The van der Waals surface area contributed by atoms with Crippen LogP contribution in [0, 0.1) is 5.92 Å². The number of benzene rings is 1. The van der Waals surface area contributed by atoms with E-state index in [1.807, 2.05) is 0 Å². The highest BCUT2D eigenvalue weighted by molar-refractivity contribution is 7.19. The molecule has 1 aliphatic carbocycles. The quantitative estimate of drug-likeness (QED) is 0.478. The van der Waals surface area contributed by atoms with Gasteiger partial charge in [0.1, 0.15) is 11.2 Å². The fraction of sp³-hybridized carbons (Fsp3) is 0.318. The van der Waals surface area contributed by atoms with E-state index in [4.69, 9.17) is 4.98 Å². The smallest absolute Gasteiger partial charge is 0.261 e. The summed E-state index contributed by atoms with van der Waals surface area (Å²) in [6, 6.07) is 6.94. The van der Waals surface area contributed by atoms with Crippen LogP contribution in [0.5, 0.6) is 0 Å². The van der Waals surface area contributed by atoms with Crippen LogP contribution in [0.25, 0.3) is 15.9 Å². The van der Waals surface area contributed by atoms with Crippen molar-refractivity contribution in [2.24, 2.45) is 5.92 Å². The molecule has 0 radical (unpaired) electrons. The van der Waals surface area contributed by atoms with Crippen molar-refractivity contribution in [2.45, 2.75) is 32.6 Å². The maximum absolute atomic E-state index is 12.6. The maximum atomic E-state index is 12.6. The van der Waals surface area contributed by atoms with Crippen molar-refractivity contribution in [3.05, 3.63) is 58.0 Å². The molecule has 2 amide bonds. The molecule has 30 heavy (non-hydrogen) atoms. The van der Waals surface area contributed by atoms with E-state index in [2.05, 4.69) is 17.0 Å². The van der Waals surface area contributed by atoms with E-state index in [-0.39, 0.29) is 18.4 Å². The third-order valence-electron chi connectivity index (χ3n) is 6.11. The van der Waals surface area contributed by atoms with Gasteiger partial charge in [-0.15, -0.1) is 16.4 Å². The van der Waals surface area contributed by atoms with Crippen LogP contribution in [0.1, 0.15) is 50.3 Å². The lowest BCUT2D eigenvalue weighted by molar-refractivity contribution is 0.0655. The molecule has 4 heterocycles. The fourth-order valence-electron chi connectivity index (χ4n) is 4.54. The number of fused-ring (bicyclic) bond motifs is 6. The van der Waals surface area contributed by atoms with Gasteiger partial charge in [-0.1, -0.05) is 19.1 Å². The number of imide groups is 1. The van der Waals surface area contributed by atoms with E-state index in [1.54, 1.807) is 46.4 Å². The summed E-state index contributed by atoms with van der Waals surface area (Å²) >= 11 is 1.77. The first-order chi connectivity index (χ1) is 14.6. The number of hydrogen-bond donors (Lipinski definition) is 0. The minimum Gasteiger partial charge on any atom is -0.274 e. The molecule has 4 aromatic rings. The monoisotopic (exact) mass is 417 g/mol. The van der Waals surface area contributed by atoms with Crippen LogP contribution < -0.4 is 0 Å². The minimum atomic E-state index is -0.246. The van der Waals surface area contributed by atoms with Gasteiger partial charge in [0, 0.05) is 17.8 Å². The van der Waals surface area contributed by atoms with E-state index in [9.17, 15) is 9.59 Å². The number of nitrogens with zero attached hydrogens (tertiary/aromatic N) is 5. The van der Waals surface area contributed by atoms with Crippen LogP contribution in [0.2, 0.25) is 0 Å². The predicted molar refractivity (Wildman–Crippen MR) is 113 cm³/mol. The zero-order valence-corrected chi connectivity index (χ0v) is 17.3. The Bertz CT molecular complexity index is 1320. The highest BCUT2D eigenvalue weighted by Crippen LogP contribution is 2.38.